The molecule has 2 N–H and O–H groups in total. The highest BCUT2D eigenvalue weighted by atomic mass is 35.5. The summed E-state index contributed by atoms with van der Waals surface area (Å²) in [5.41, 5.74) is 0.484. The lowest BCUT2D eigenvalue weighted by Crippen LogP contribution is -2.23. The van der Waals surface area contributed by atoms with E-state index >= 15 is 0 Å². The van der Waals surface area contributed by atoms with Gasteiger partial charge in [0.1, 0.15) is 11.4 Å². The van der Waals surface area contributed by atoms with Crippen LogP contribution in [-0.4, -0.2) is 28.6 Å². The summed E-state index contributed by atoms with van der Waals surface area (Å²) < 4.78 is 5.04. The second-order valence-electron chi connectivity index (χ2n) is 6.08. The number of hydrogen-bond acceptors (Lipinski definition) is 6. The first-order chi connectivity index (χ1) is 15.0. The van der Waals surface area contributed by atoms with Crippen molar-refractivity contribution in [2.24, 2.45) is 0 Å². The molecule has 3 rings (SSSR count). The van der Waals surface area contributed by atoms with E-state index in [2.05, 4.69) is 20.6 Å². The molecule has 1 heterocycles. The molecule has 7 nitrogen and oxygen atoms in total. The number of ether oxygens (including phenoxy) is 1. The van der Waals surface area contributed by atoms with Crippen molar-refractivity contribution in [1.82, 2.24) is 9.97 Å². The molecule has 160 valence electrons. The van der Waals surface area contributed by atoms with Crippen molar-refractivity contribution in [1.29, 1.82) is 0 Å². The molecule has 3 aromatic rings. The molecule has 0 radical (unpaired) electrons. The van der Waals surface area contributed by atoms with E-state index in [1.54, 1.807) is 19.1 Å². The van der Waals surface area contributed by atoms with Crippen molar-refractivity contribution in [2.75, 3.05) is 17.2 Å². The monoisotopic (exact) mass is 476 g/mol. The number of carbonyl (C=O) groups excluding carboxylic acids is 2. The van der Waals surface area contributed by atoms with E-state index in [4.69, 9.17) is 27.9 Å². The molecule has 31 heavy (non-hydrogen) atoms. The molecule has 2 amide bonds. The number of thioether (sulfide) groups is 1. The topological polar surface area (TPSA) is 93.2 Å². The average Bonchev–Trinajstić information content (AvgIpc) is 2.76. The first-order valence-electron chi connectivity index (χ1n) is 9.20. The molecule has 2 aromatic carbocycles. The van der Waals surface area contributed by atoms with Crippen LogP contribution in [0.2, 0.25) is 10.0 Å². The number of nitrogens with zero attached hydrogens (tertiary/aromatic N) is 2. The highest BCUT2D eigenvalue weighted by Gasteiger charge is 2.18. The smallest absolute Gasteiger partial charge is 0.343 e. The van der Waals surface area contributed by atoms with Crippen LogP contribution in [0.3, 0.4) is 0 Å². The number of esters is 1. The zero-order valence-corrected chi connectivity index (χ0v) is 18.7. The minimum Gasteiger partial charge on any atom is -0.462 e. The van der Waals surface area contributed by atoms with Crippen molar-refractivity contribution in [2.45, 2.75) is 17.6 Å². The highest BCUT2D eigenvalue weighted by Crippen LogP contribution is 2.25. The molecule has 0 spiro atoms. The predicted molar refractivity (Wildman–Crippen MR) is 123 cm³/mol. The first kappa shape index (κ1) is 22.9. The summed E-state index contributed by atoms with van der Waals surface area (Å²) in [6.45, 7) is 1.87. The lowest BCUT2D eigenvalue weighted by atomic mass is 10.3. The summed E-state index contributed by atoms with van der Waals surface area (Å²) in [6.07, 6.45) is 1.35. The number of anilines is 2. The van der Waals surface area contributed by atoms with Gasteiger partial charge in [-0.05, 0) is 37.3 Å². The molecule has 0 fully saturated rings. The lowest BCUT2D eigenvalue weighted by molar-refractivity contribution is 0.0526. The number of hydrogen-bond donors (Lipinski definition) is 2. The van der Waals surface area contributed by atoms with Crippen LogP contribution >= 0.6 is 35.0 Å². The maximum Gasteiger partial charge on any atom is 0.343 e. The summed E-state index contributed by atoms with van der Waals surface area (Å²) >= 11 is 13.4. The normalized spacial score (nSPS) is 10.4. The fraction of sp³-hybridized carbons (Fsp3) is 0.143. The van der Waals surface area contributed by atoms with E-state index < -0.39 is 12.0 Å². The number of rotatable bonds is 7. The zero-order chi connectivity index (χ0) is 22.2. The molecule has 0 unspecified atom stereocenters. The van der Waals surface area contributed by atoms with Gasteiger partial charge in [-0.25, -0.2) is 19.6 Å². The Balaban J connectivity index is 1.77. The molecule has 0 aliphatic carbocycles. The van der Waals surface area contributed by atoms with Gasteiger partial charge in [-0.1, -0.05) is 41.4 Å². The quantitative estimate of drug-likeness (QED) is 0.325. The third-order valence-electron chi connectivity index (χ3n) is 3.85. The molecule has 0 aliphatic rings. The standard InChI is InChI=1S/C21H18Cl2N4O3S/c1-2-30-20(28)15-11-24-18(12-31-14-6-4-3-5-7-14)26-19(15)27-21(29)25-13-8-9-16(22)17(23)10-13/h3-11H,2,12H2,1H3,(H2,24,25,26,27,29). The van der Waals surface area contributed by atoms with Gasteiger partial charge in [0.15, 0.2) is 5.82 Å². The van der Waals surface area contributed by atoms with Crippen LogP contribution in [0.15, 0.2) is 59.6 Å². The number of halogens is 2. The number of carbonyl (C=O) groups is 2. The van der Waals surface area contributed by atoms with E-state index in [1.165, 1.54) is 24.0 Å². The summed E-state index contributed by atoms with van der Waals surface area (Å²) in [5.74, 6) is 0.326. The fourth-order valence-electron chi connectivity index (χ4n) is 2.45. The second-order valence-corrected chi connectivity index (χ2v) is 7.94. The van der Waals surface area contributed by atoms with Gasteiger partial charge >= 0.3 is 12.0 Å². The third kappa shape index (κ3) is 6.58. The van der Waals surface area contributed by atoms with E-state index in [-0.39, 0.29) is 18.0 Å². The Labute approximate surface area is 193 Å². The van der Waals surface area contributed by atoms with Gasteiger partial charge in [-0.15, -0.1) is 11.8 Å². The molecule has 0 saturated heterocycles. The van der Waals surface area contributed by atoms with Gasteiger partial charge in [0.05, 0.1) is 22.4 Å². The molecule has 10 heteroatoms. The van der Waals surface area contributed by atoms with Gasteiger partial charge < -0.3 is 10.1 Å². The minimum absolute atomic E-state index is 0.0506. The Morgan fingerprint density at radius 1 is 1.06 bits per heavy atom. The molecule has 0 aliphatic heterocycles. The Kier molecular flexibility index (Phi) is 8.11. The van der Waals surface area contributed by atoms with Crippen molar-refractivity contribution >= 4 is 58.5 Å². The van der Waals surface area contributed by atoms with E-state index in [0.29, 0.717) is 27.3 Å². The Morgan fingerprint density at radius 3 is 2.55 bits per heavy atom. The number of urea groups is 1. The maximum atomic E-state index is 12.5. The average molecular weight is 477 g/mol. The van der Waals surface area contributed by atoms with Crippen LogP contribution in [-0.2, 0) is 10.5 Å². The van der Waals surface area contributed by atoms with E-state index in [0.717, 1.165) is 4.90 Å². The zero-order valence-electron chi connectivity index (χ0n) is 16.4. The summed E-state index contributed by atoms with van der Waals surface area (Å²) in [5, 5.41) is 5.88. The molecule has 0 saturated carbocycles. The Hall–Kier alpha value is -2.81. The number of benzene rings is 2. The third-order valence-corrected chi connectivity index (χ3v) is 5.60. The highest BCUT2D eigenvalue weighted by molar-refractivity contribution is 7.98. The predicted octanol–water partition coefficient (Wildman–Crippen LogP) is 5.90. The van der Waals surface area contributed by atoms with Crippen LogP contribution in [0.1, 0.15) is 23.1 Å². The number of amides is 2. The molecule has 1 aromatic heterocycles. The van der Waals surface area contributed by atoms with Crippen molar-refractivity contribution in [3.05, 3.63) is 76.2 Å². The van der Waals surface area contributed by atoms with Crippen molar-refractivity contribution < 1.29 is 14.3 Å². The van der Waals surface area contributed by atoms with Gasteiger partial charge in [-0.3, -0.25) is 5.32 Å². The maximum absolute atomic E-state index is 12.5. The van der Waals surface area contributed by atoms with Crippen LogP contribution in [0, 0.1) is 0 Å². The summed E-state index contributed by atoms with van der Waals surface area (Å²) in [4.78, 5) is 34.4. The Morgan fingerprint density at radius 2 is 1.84 bits per heavy atom. The minimum atomic E-state index is -0.630. The molecular formula is C21H18Cl2N4O3S. The van der Waals surface area contributed by atoms with E-state index in [9.17, 15) is 9.59 Å². The van der Waals surface area contributed by atoms with Crippen molar-refractivity contribution in [3.8, 4) is 0 Å². The number of aromatic nitrogens is 2. The number of nitrogens with one attached hydrogen (secondary N) is 2. The van der Waals surface area contributed by atoms with Crippen LogP contribution in [0.5, 0.6) is 0 Å². The van der Waals surface area contributed by atoms with Crippen molar-refractivity contribution in [3.63, 3.8) is 0 Å². The first-order valence-corrected chi connectivity index (χ1v) is 10.9. The summed E-state index contributed by atoms with van der Waals surface area (Å²) in [7, 11) is 0. The lowest BCUT2D eigenvalue weighted by Gasteiger charge is -2.12. The van der Waals surface area contributed by atoms with Gasteiger partial charge in [0.25, 0.3) is 0 Å². The van der Waals surface area contributed by atoms with Gasteiger partial charge in [0, 0.05) is 16.8 Å². The second kappa shape index (κ2) is 11.0. The van der Waals surface area contributed by atoms with Crippen LogP contribution in [0.4, 0.5) is 16.3 Å². The molecule has 0 bridgehead atoms. The van der Waals surface area contributed by atoms with Gasteiger partial charge in [-0.2, -0.15) is 0 Å². The van der Waals surface area contributed by atoms with E-state index in [1.807, 2.05) is 30.3 Å². The SMILES string of the molecule is CCOC(=O)c1cnc(CSc2ccccc2)nc1NC(=O)Nc1ccc(Cl)c(Cl)c1. The van der Waals surface area contributed by atoms with Crippen LogP contribution in [0.25, 0.3) is 0 Å². The molecular weight excluding hydrogens is 459 g/mol. The summed E-state index contributed by atoms with van der Waals surface area (Å²) in [6, 6.07) is 13.8. The Bertz CT molecular complexity index is 1080. The largest absolute Gasteiger partial charge is 0.462 e. The fourth-order valence-corrected chi connectivity index (χ4v) is 3.53. The molecule has 0 atom stereocenters. The van der Waals surface area contributed by atoms with Crippen LogP contribution < -0.4 is 10.6 Å². The van der Waals surface area contributed by atoms with Gasteiger partial charge in [0.2, 0.25) is 0 Å².